The maximum absolute atomic E-state index is 6.54. The smallest absolute Gasteiger partial charge is 0.0698 e. The Labute approximate surface area is 141 Å². The molecule has 0 radical (unpaired) electrons. The Balaban J connectivity index is 2.44. The maximum atomic E-state index is 6.54. The van der Waals surface area contributed by atoms with Crippen molar-refractivity contribution in [1.29, 1.82) is 0 Å². The molecule has 110 valence electrons. The standard InChI is InChI=1S/C19H15Cl2P/c20-19(21)22(16-10-4-1-5-11-16,17-12-6-2-7-13-17)18-14-8-3-9-15-18/h1-15H. The molecule has 0 spiro atoms. The van der Waals surface area contributed by atoms with E-state index in [1.54, 1.807) is 0 Å². The molecule has 0 bridgehead atoms. The molecule has 0 amide bonds. The van der Waals surface area contributed by atoms with Crippen LogP contribution in [0.15, 0.2) is 91.0 Å². The van der Waals surface area contributed by atoms with Gasteiger partial charge in [0, 0.05) is 6.89 Å². The molecule has 0 saturated carbocycles. The van der Waals surface area contributed by atoms with E-state index in [2.05, 4.69) is 36.4 Å². The molecule has 0 heterocycles. The highest BCUT2D eigenvalue weighted by Gasteiger charge is 2.28. The van der Waals surface area contributed by atoms with Crippen molar-refractivity contribution in [1.82, 2.24) is 0 Å². The van der Waals surface area contributed by atoms with Gasteiger partial charge >= 0.3 is 0 Å². The minimum absolute atomic E-state index is 0.427. The third kappa shape index (κ3) is 2.63. The van der Waals surface area contributed by atoms with Gasteiger partial charge in [-0.05, 0) is 15.9 Å². The molecule has 3 aromatic rings. The molecule has 0 atom stereocenters. The lowest BCUT2D eigenvalue weighted by atomic mass is 10.4. The van der Waals surface area contributed by atoms with E-state index in [0.717, 1.165) is 15.9 Å². The van der Waals surface area contributed by atoms with E-state index in [9.17, 15) is 0 Å². The maximum Gasteiger partial charge on any atom is 0.115 e. The zero-order chi connectivity index (χ0) is 15.4. The second kappa shape index (κ2) is 6.75. The van der Waals surface area contributed by atoms with Crippen LogP contribution in [0.2, 0.25) is 0 Å². The quantitative estimate of drug-likeness (QED) is 0.611. The van der Waals surface area contributed by atoms with Crippen LogP contribution in [0, 0.1) is 0 Å². The van der Waals surface area contributed by atoms with Gasteiger partial charge < -0.3 is 0 Å². The molecule has 0 aliphatic heterocycles. The number of benzene rings is 3. The molecular weight excluding hydrogens is 330 g/mol. The van der Waals surface area contributed by atoms with Gasteiger partial charge in [0.1, 0.15) is 4.21 Å². The Kier molecular flexibility index (Phi) is 4.74. The number of hydrogen-bond donors (Lipinski definition) is 0. The lowest BCUT2D eigenvalue weighted by Crippen LogP contribution is -2.27. The van der Waals surface area contributed by atoms with Crippen molar-refractivity contribution in [3.63, 3.8) is 0 Å². The molecule has 3 rings (SSSR count). The van der Waals surface area contributed by atoms with Crippen LogP contribution >= 0.6 is 30.1 Å². The summed E-state index contributed by atoms with van der Waals surface area (Å²) in [6.07, 6.45) is 0. The van der Waals surface area contributed by atoms with Crippen LogP contribution in [0.5, 0.6) is 0 Å². The van der Waals surface area contributed by atoms with E-state index in [4.69, 9.17) is 23.2 Å². The van der Waals surface area contributed by atoms with Gasteiger partial charge in [-0.25, -0.2) is 0 Å². The van der Waals surface area contributed by atoms with Crippen molar-refractivity contribution in [2.24, 2.45) is 0 Å². The van der Waals surface area contributed by atoms with E-state index >= 15 is 0 Å². The fraction of sp³-hybridized carbons (Fsp3) is 0. The van der Waals surface area contributed by atoms with Gasteiger partial charge in [-0.2, -0.15) is 0 Å². The van der Waals surface area contributed by atoms with E-state index < -0.39 is 6.89 Å². The van der Waals surface area contributed by atoms with Crippen molar-refractivity contribution in [3.05, 3.63) is 91.0 Å². The van der Waals surface area contributed by atoms with Crippen LogP contribution in [0.25, 0.3) is 0 Å². The first-order valence-electron chi connectivity index (χ1n) is 7.00. The molecule has 0 unspecified atom stereocenters. The minimum Gasteiger partial charge on any atom is -0.0698 e. The number of halogens is 2. The van der Waals surface area contributed by atoms with Crippen LogP contribution in [-0.2, 0) is 0 Å². The van der Waals surface area contributed by atoms with Gasteiger partial charge in [0.05, 0.1) is 0 Å². The lowest BCUT2D eigenvalue weighted by molar-refractivity contribution is 1.73. The summed E-state index contributed by atoms with van der Waals surface area (Å²) in [5.41, 5.74) is 0. The highest BCUT2D eigenvalue weighted by Crippen LogP contribution is 2.47. The van der Waals surface area contributed by atoms with E-state index in [-0.39, 0.29) is 0 Å². The van der Waals surface area contributed by atoms with Crippen LogP contribution < -0.4 is 15.9 Å². The summed E-state index contributed by atoms with van der Waals surface area (Å²) in [5.74, 6) is 0. The molecule has 3 heteroatoms. The summed E-state index contributed by atoms with van der Waals surface area (Å²) in [6.45, 7) is -2.18. The summed E-state index contributed by atoms with van der Waals surface area (Å²) >= 11 is 13.1. The predicted molar refractivity (Wildman–Crippen MR) is 102 cm³/mol. The molecule has 0 aliphatic rings. The zero-order valence-electron chi connectivity index (χ0n) is 11.9. The molecule has 0 aromatic heterocycles. The second-order valence-corrected chi connectivity index (χ2v) is 9.73. The Morgan fingerprint density at radius 2 is 0.773 bits per heavy atom. The third-order valence-corrected chi connectivity index (χ3v) is 8.93. The summed E-state index contributed by atoms with van der Waals surface area (Å²) in [5, 5.41) is 3.48. The SMILES string of the molecule is ClC(Cl)=P(c1ccccc1)(c1ccccc1)c1ccccc1. The Bertz CT molecular complexity index is 689. The highest BCUT2D eigenvalue weighted by atomic mass is 35.5. The monoisotopic (exact) mass is 344 g/mol. The molecule has 3 aromatic carbocycles. The summed E-state index contributed by atoms with van der Waals surface area (Å²) < 4.78 is 0.427. The van der Waals surface area contributed by atoms with Gasteiger partial charge in [-0.3, -0.25) is 0 Å². The normalized spacial score (nSPS) is 11.2. The topological polar surface area (TPSA) is 0 Å². The fourth-order valence-electron chi connectivity index (χ4n) is 2.69. The van der Waals surface area contributed by atoms with Crippen LogP contribution in [-0.4, -0.2) is 4.21 Å². The molecule has 0 nitrogen and oxygen atoms in total. The Morgan fingerprint density at radius 1 is 0.500 bits per heavy atom. The molecule has 0 fully saturated rings. The lowest BCUT2D eigenvalue weighted by Gasteiger charge is -2.28. The molecular formula is C19H15Cl2P. The molecule has 22 heavy (non-hydrogen) atoms. The number of rotatable bonds is 3. The third-order valence-electron chi connectivity index (χ3n) is 3.68. The number of hydrogen-bond acceptors (Lipinski definition) is 0. The van der Waals surface area contributed by atoms with Crippen LogP contribution in [0.1, 0.15) is 0 Å². The van der Waals surface area contributed by atoms with Crippen molar-refractivity contribution >= 4 is 50.2 Å². The average Bonchev–Trinajstić information content (AvgIpc) is 2.58. The molecule has 0 N–H and O–H groups in total. The fourth-order valence-corrected chi connectivity index (χ4v) is 7.79. The minimum atomic E-state index is -2.18. The summed E-state index contributed by atoms with van der Waals surface area (Å²) in [4.78, 5) is 0. The summed E-state index contributed by atoms with van der Waals surface area (Å²) in [6, 6.07) is 30.9. The van der Waals surface area contributed by atoms with Crippen LogP contribution in [0.3, 0.4) is 0 Å². The first-order chi connectivity index (χ1) is 10.8. The first kappa shape index (κ1) is 15.4. The average molecular weight is 345 g/mol. The van der Waals surface area contributed by atoms with Crippen molar-refractivity contribution in [2.75, 3.05) is 0 Å². The van der Waals surface area contributed by atoms with E-state index in [1.807, 2.05) is 54.6 Å². The van der Waals surface area contributed by atoms with Gasteiger partial charge in [0.25, 0.3) is 0 Å². The van der Waals surface area contributed by atoms with Gasteiger partial charge in [0.2, 0.25) is 0 Å². The van der Waals surface area contributed by atoms with Gasteiger partial charge in [-0.15, -0.1) is 0 Å². The zero-order valence-corrected chi connectivity index (χ0v) is 14.3. The Morgan fingerprint density at radius 3 is 1.00 bits per heavy atom. The van der Waals surface area contributed by atoms with Crippen molar-refractivity contribution in [3.8, 4) is 0 Å². The predicted octanol–water partition coefficient (Wildman–Crippen LogP) is 4.55. The molecule has 0 aliphatic carbocycles. The summed E-state index contributed by atoms with van der Waals surface area (Å²) in [7, 11) is 0. The Hall–Kier alpha value is -1.46. The van der Waals surface area contributed by atoms with E-state index in [0.29, 0.717) is 4.21 Å². The van der Waals surface area contributed by atoms with E-state index in [1.165, 1.54) is 0 Å². The first-order valence-corrected chi connectivity index (χ1v) is 9.55. The molecule has 0 saturated heterocycles. The van der Waals surface area contributed by atoms with Crippen molar-refractivity contribution < 1.29 is 0 Å². The van der Waals surface area contributed by atoms with Crippen molar-refractivity contribution in [2.45, 2.75) is 0 Å². The van der Waals surface area contributed by atoms with Gasteiger partial charge in [0.15, 0.2) is 0 Å². The van der Waals surface area contributed by atoms with Gasteiger partial charge in [-0.1, -0.05) is 114 Å². The van der Waals surface area contributed by atoms with Crippen LogP contribution in [0.4, 0.5) is 0 Å². The second-order valence-electron chi connectivity index (χ2n) is 4.92. The highest BCUT2D eigenvalue weighted by molar-refractivity contribution is 7.99. The largest absolute Gasteiger partial charge is 0.115 e.